The lowest BCUT2D eigenvalue weighted by Gasteiger charge is -2.07. The first-order valence-corrected chi connectivity index (χ1v) is 5.49. The Morgan fingerprint density at radius 3 is 2.40 bits per heavy atom. The summed E-state index contributed by atoms with van der Waals surface area (Å²) in [5.74, 6) is -4.93. The van der Waals surface area contributed by atoms with Gasteiger partial charge in [0.25, 0.3) is 5.91 Å². The van der Waals surface area contributed by atoms with Crippen LogP contribution in [-0.4, -0.2) is 17.0 Å². The van der Waals surface area contributed by atoms with Crippen LogP contribution in [0, 0.1) is 18.6 Å². The molecule has 5 nitrogen and oxygen atoms in total. The normalized spacial score (nSPS) is 10.3. The lowest BCUT2D eigenvalue weighted by Crippen LogP contribution is -2.14. The van der Waals surface area contributed by atoms with Gasteiger partial charge in [0, 0.05) is 0 Å². The van der Waals surface area contributed by atoms with E-state index in [1.807, 2.05) is 5.32 Å². The van der Waals surface area contributed by atoms with E-state index in [-0.39, 0.29) is 11.3 Å². The highest BCUT2D eigenvalue weighted by molar-refractivity contribution is 6.03. The van der Waals surface area contributed by atoms with Crippen LogP contribution in [0.3, 0.4) is 0 Å². The van der Waals surface area contributed by atoms with E-state index in [0.717, 1.165) is 18.2 Å². The molecule has 0 aliphatic rings. The first-order valence-electron chi connectivity index (χ1n) is 5.49. The molecule has 0 atom stereocenters. The SMILES string of the molecule is Cc1ccc(F)c(NC(=O)c2ccc(C(=O)O)o2)c1F. The summed E-state index contributed by atoms with van der Waals surface area (Å²) in [5.41, 5.74) is -0.448. The Bertz CT molecular complexity index is 694. The van der Waals surface area contributed by atoms with Gasteiger partial charge >= 0.3 is 5.97 Å². The first-order chi connectivity index (χ1) is 9.40. The summed E-state index contributed by atoms with van der Waals surface area (Å²) < 4.78 is 31.9. The Balaban J connectivity index is 2.28. The molecule has 0 aliphatic carbocycles. The second kappa shape index (κ2) is 5.12. The molecule has 7 heteroatoms. The van der Waals surface area contributed by atoms with Gasteiger partial charge in [0.2, 0.25) is 5.76 Å². The molecular formula is C13H9F2NO4. The van der Waals surface area contributed by atoms with Crippen molar-refractivity contribution in [3.63, 3.8) is 0 Å². The second-order valence-corrected chi connectivity index (χ2v) is 3.98. The molecule has 1 aromatic heterocycles. The number of furan rings is 1. The lowest BCUT2D eigenvalue weighted by molar-refractivity contribution is 0.0660. The van der Waals surface area contributed by atoms with Crippen molar-refractivity contribution in [2.24, 2.45) is 0 Å². The molecule has 0 saturated heterocycles. The Morgan fingerprint density at radius 2 is 1.80 bits per heavy atom. The molecule has 2 N–H and O–H groups in total. The monoisotopic (exact) mass is 281 g/mol. The number of carboxylic acids is 1. The molecule has 0 spiro atoms. The number of hydrogen-bond acceptors (Lipinski definition) is 3. The van der Waals surface area contributed by atoms with Crippen LogP contribution < -0.4 is 5.32 Å². The number of benzene rings is 1. The number of amides is 1. The zero-order valence-electron chi connectivity index (χ0n) is 10.2. The molecule has 1 heterocycles. The Morgan fingerprint density at radius 1 is 1.15 bits per heavy atom. The third-order valence-corrected chi connectivity index (χ3v) is 2.56. The van der Waals surface area contributed by atoms with Crippen LogP contribution in [0.15, 0.2) is 28.7 Å². The molecule has 2 aromatic rings. The highest BCUT2D eigenvalue weighted by atomic mass is 19.1. The zero-order chi connectivity index (χ0) is 14.9. The predicted octanol–water partition coefficient (Wildman–Crippen LogP) is 2.82. The number of nitrogens with one attached hydrogen (secondary N) is 1. The number of carbonyl (C=O) groups is 2. The maximum absolute atomic E-state index is 13.7. The van der Waals surface area contributed by atoms with Crippen LogP contribution in [0.5, 0.6) is 0 Å². The van der Waals surface area contributed by atoms with Gasteiger partial charge in [0.15, 0.2) is 11.6 Å². The molecular weight excluding hydrogens is 272 g/mol. The van der Waals surface area contributed by atoms with E-state index in [0.29, 0.717) is 0 Å². The second-order valence-electron chi connectivity index (χ2n) is 3.98. The van der Waals surface area contributed by atoms with E-state index >= 15 is 0 Å². The summed E-state index contributed by atoms with van der Waals surface area (Å²) in [7, 11) is 0. The summed E-state index contributed by atoms with van der Waals surface area (Å²) in [6, 6.07) is 4.42. The largest absolute Gasteiger partial charge is 0.475 e. The fraction of sp³-hybridized carbons (Fsp3) is 0.0769. The highest BCUT2D eigenvalue weighted by Gasteiger charge is 2.19. The van der Waals surface area contributed by atoms with Gasteiger partial charge in [-0.05, 0) is 30.7 Å². The van der Waals surface area contributed by atoms with Crippen molar-refractivity contribution in [2.75, 3.05) is 5.32 Å². The van der Waals surface area contributed by atoms with Crippen molar-refractivity contribution in [1.29, 1.82) is 0 Å². The van der Waals surface area contributed by atoms with E-state index in [4.69, 9.17) is 9.52 Å². The van der Waals surface area contributed by atoms with Crippen LogP contribution in [0.4, 0.5) is 14.5 Å². The van der Waals surface area contributed by atoms with Crippen molar-refractivity contribution in [2.45, 2.75) is 6.92 Å². The Hall–Kier alpha value is -2.70. The molecule has 20 heavy (non-hydrogen) atoms. The molecule has 1 amide bonds. The topological polar surface area (TPSA) is 79.5 Å². The number of aryl methyl sites for hydroxylation is 1. The van der Waals surface area contributed by atoms with Crippen molar-refractivity contribution < 1.29 is 27.9 Å². The van der Waals surface area contributed by atoms with Gasteiger partial charge in [-0.15, -0.1) is 0 Å². The number of hydrogen-bond donors (Lipinski definition) is 2. The summed E-state index contributed by atoms with van der Waals surface area (Å²) in [4.78, 5) is 22.3. The van der Waals surface area contributed by atoms with E-state index < -0.39 is 35.0 Å². The number of carbonyl (C=O) groups excluding carboxylic acids is 1. The maximum Gasteiger partial charge on any atom is 0.371 e. The molecule has 0 saturated carbocycles. The summed E-state index contributed by atoms with van der Waals surface area (Å²) in [5, 5.41) is 10.7. The Labute approximate surface area is 111 Å². The van der Waals surface area contributed by atoms with Crippen molar-refractivity contribution >= 4 is 17.6 Å². The van der Waals surface area contributed by atoms with Gasteiger partial charge in [0.05, 0.1) is 0 Å². The minimum Gasteiger partial charge on any atom is -0.475 e. The first kappa shape index (κ1) is 13.7. The third-order valence-electron chi connectivity index (χ3n) is 2.56. The Kier molecular flexibility index (Phi) is 3.51. The van der Waals surface area contributed by atoms with E-state index in [1.54, 1.807) is 0 Å². The lowest BCUT2D eigenvalue weighted by atomic mass is 10.2. The summed E-state index contributed by atoms with van der Waals surface area (Å²) in [6.45, 7) is 1.42. The van der Waals surface area contributed by atoms with Gasteiger partial charge in [-0.2, -0.15) is 0 Å². The van der Waals surface area contributed by atoms with E-state index in [9.17, 15) is 18.4 Å². The number of halogens is 2. The van der Waals surface area contributed by atoms with E-state index in [2.05, 4.69) is 0 Å². The van der Waals surface area contributed by atoms with E-state index in [1.165, 1.54) is 13.0 Å². The van der Waals surface area contributed by atoms with Crippen molar-refractivity contribution in [1.82, 2.24) is 0 Å². The maximum atomic E-state index is 13.7. The number of aromatic carboxylic acids is 1. The van der Waals surface area contributed by atoms with Crippen molar-refractivity contribution in [3.8, 4) is 0 Å². The average Bonchev–Trinajstić information content (AvgIpc) is 2.89. The van der Waals surface area contributed by atoms with Crippen LogP contribution in [-0.2, 0) is 0 Å². The number of anilines is 1. The fourth-order valence-electron chi connectivity index (χ4n) is 1.52. The minimum atomic E-state index is -1.35. The fourth-order valence-corrected chi connectivity index (χ4v) is 1.52. The summed E-state index contributed by atoms with van der Waals surface area (Å²) in [6.07, 6.45) is 0. The van der Waals surface area contributed by atoms with Gasteiger partial charge in [-0.1, -0.05) is 6.07 Å². The zero-order valence-corrected chi connectivity index (χ0v) is 10.2. The van der Waals surface area contributed by atoms with Crippen LogP contribution in [0.25, 0.3) is 0 Å². The van der Waals surface area contributed by atoms with Gasteiger partial charge in [-0.3, -0.25) is 4.79 Å². The average molecular weight is 281 g/mol. The molecule has 0 fully saturated rings. The highest BCUT2D eigenvalue weighted by Crippen LogP contribution is 2.22. The van der Waals surface area contributed by atoms with Crippen molar-refractivity contribution in [3.05, 3.63) is 53.0 Å². The number of rotatable bonds is 3. The summed E-state index contributed by atoms with van der Waals surface area (Å²) >= 11 is 0. The van der Waals surface area contributed by atoms with Crippen LogP contribution in [0.2, 0.25) is 0 Å². The minimum absolute atomic E-state index is 0.160. The standard InChI is InChI=1S/C13H9F2NO4/c1-6-2-3-7(14)11(10(6)15)16-12(17)8-4-5-9(20-8)13(18)19/h2-5H,1H3,(H,16,17)(H,18,19). The third kappa shape index (κ3) is 2.51. The molecule has 2 rings (SSSR count). The van der Waals surface area contributed by atoms with Crippen LogP contribution >= 0.6 is 0 Å². The van der Waals surface area contributed by atoms with Crippen LogP contribution in [0.1, 0.15) is 26.7 Å². The molecule has 0 radical (unpaired) electrons. The van der Waals surface area contributed by atoms with Gasteiger partial charge in [-0.25, -0.2) is 13.6 Å². The molecule has 0 bridgehead atoms. The quantitative estimate of drug-likeness (QED) is 0.906. The molecule has 0 unspecified atom stereocenters. The number of carboxylic acid groups (broad SMARTS) is 1. The van der Waals surface area contributed by atoms with Gasteiger partial charge < -0.3 is 14.8 Å². The predicted molar refractivity (Wildman–Crippen MR) is 64.7 cm³/mol. The molecule has 0 aliphatic heterocycles. The molecule has 104 valence electrons. The van der Waals surface area contributed by atoms with Gasteiger partial charge in [0.1, 0.15) is 11.5 Å². The smallest absolute Gasteiger partial charge is 0.371 e. The molecule has 1 aromatic carbocycles.